The maximum Gasteiger partial charge on any atom is 0.331 e. The number of esters is 1. The molecule has 0 unspecified atom stereocenters. The minimum atomic E-state index is -0.959. The Morgan fingerprint density at radius 1 is 1.15 bits per heavy atom. The fourth-order valence-electron chi connectivity index (χ4n) is 2.54. The summed E-state index contributed by atoms with van der Waals surface area (Å²) in [5.74, 6) is -1.16. The van der Waals surface area contributed by atoms with Crippen LogP contribution < -0.4 is 5.32 Å². The van der Waals surface area contributed by atoms with Gasteiger partial charge in [0.25, 0.3) is 5.91 Å². The lowest BCUT2D eigenvalue weighted by Crippen LogP contribution is -2.29. The molecule has 4 nitrogen and oxygen atoms in total. The van der Waals surface area contributed by atoms with Gasteiger partial charge in [-0.2, -0.15) is 0 Å². The third-order valence-electron chi connectivity index (χ3n) is 4.28. The Labute approximate surface area is 159 Å². The summed E-state index contributed by atoms with van der Waals surface area (Å²) in [6.45, 7) is 5.68. The lowest BCUT2D eigenvalue weighted by atomic mass is 9.97. The van der Waals surface area contributed by atoms with Crippen molar-refractivity contribution >= 4 is 23.6 Å². The molecule has 0 saturated heterocycles. The van der Waals surface area contributed by atoms with E-state index in [-0.39, 0.29) is 0 Å². The van der Waals surface area contributed by atoms with Gasteiger partial charge in [0.05, 0.1) is 0 Å². The average molecular weight is 369 g/mol. The maximum absolute atomic E-state index is 13.1. The predicted octanol–water partition coefficient (Wildman–Crippen LogP) is 4.92. The van der Waals surface area contributed by atoms with Crippen LogP contribution in [0.5, 0.6) is 0 Å². The van der Waals surface area contributed by atoms with Crippen molar-refractivity contribution in [2.75, 3.05) is 5.32 Å². The Morgan fingerprint density at radius 2 is 1.89 bits per heavy atom. The number of rotatable bonds is 7. The minimum Gasteiger partial charge on any atom is -0.449 e. The predicted molar refractivity (Wildman–Crippen MR) is 105 cm³/mol. The molecule has 0 spiro atoms. The van der Waals surface area contributed by atoms with Crippen LogP contribution in [0.1, 0.15) is 44.2 Å². The number of carbonyl (C=O) groups is 2. The summed E-state index contributed by atoms with van der Waals surface area (Å²) in [7, 11) is 0. The molecule has 0 fully saturated rings. The smallest absolute Gasteiger partial charge is 0.331 e. The lowest BCUT2D eigenvalue weighted by molar-refractivity contribution is -0.148. The van der Waals surface area contributed by atoms with E-state index in [4.69, 9.17) is 4.74 Å². The van der Waals surface area contributed by atoms with E-state index in [0.29, 0.717) is 11.5 Å². The number of ether oxygens (including phenoxy) is 1. The SMILES string of the molecule is CC[C@@H](C)c1ccccc1NC(=O)[C@H](C)OC(=O)/C=C/c1cccc(F)c1. The molecule has 2 aromatic rings. The summed E-state index contributed by atoms with van der Waals surface area (Å²) >= 11 is 0. The van der Waals surface area contributed by atoms with Crippen molar-refractivity contribution in [2.45, 2.75) is 39.2 Å². The summed E-state index contributed by atoms with van der Waals surface area (Å²) in [4.78, 5) is 24.3. The molecule has 0 saturated carbocycles. The molecule has 2 atom stereocenters. The number of anilines is 1. The Morgan fingerprint density at radius 3 is 2.59 bits per heavy atom. The highest BCUT2D eigenvalue weighted by atomic mass is 19.1. The number of benzene rings is 2. The quantitative estimate of drug-likeness (QED) is 0.556. The zero-order valence-corrected chi connectivity index (χ0v) is 15.7. The maximum atomic E-state index is 13.1. The van der Waals surface area contributed by atoms with Gasteiger partial charge in [-0.1, -0.05) is 44.2 Å². The second-order valence-corrected chi connectivity index (χ2v) is 6.35. The lowest BCUT2D eigenvalue weighted by Gasteiger charge is -2.17. The Hall–Kier alpha value is -2.95. The fraction of sp³-hybridized carbons (Fsp3) is 0.273. The van der Waals surface area contributed by atoms with Crippen molar-refractivity contribution in [3.8, 4) is 0 Å². The minimum absolute atomic E-state index is 0.300. The normalized spacial score (nSPS) is 13.2. The molecule has 5 heteroatoms. The monoisotopic (exact) mass is 369 g/mol. The van der Waals surface area contributed by atoms with Gasteiger partial charge in [0, 0.05) is 11.8 Å². The first-order valence-electron chi connectivity index (χ1n) is 8.94. The molecule has 27 heavy (non-hydrogen) atoms. The van der Waals surface area contributed by atoms with Gasteiger partial charge in [-0.05, 0) is 54.7 Å². The summed E-state index contributed by atoms with van der Waals surface area (Å²) in [6, 6.07) is 13.4. The van der Waals surface area contributed by atoms with E-state index in [1.54, 1.807) is 12.1 Å². The molecule has 2 rings (SSSR count). The molecule has 0 bridgehead atoms. The zero-order valence-electron chi connectivity index (χ0n) is 15.7. The topological polar surface area (TPSA) is 55.4 Å². The third kappa shape index (κ3) is 6.06. The van der Waals surface area contributed by atoms with Gasteiger partial charge in [-0.3, -0.25) is 4.79 Å². The number of para-hydroxylation sites is 1. The molecular weight excluding hydrogens is 345 g/mol. The Bertz CT molecular complexity index is 832. The molecule has 142 valence electrons. The molecule has 2 aromatic carbocycles. The molecule has 0 aliphatic heterocycles. The summed E-state index contributed by atoms with van der Waals surface area (Å²) < 4.78 is 18.3. The highest BCUT2D eigenvalue weighted by molar-refractivity contribution is 5.97. The van der Waals surface area contributed by atoms with E-state index in [1.807, 2.05) is 24.3 Å². The highest BCUT2D eigenvalue weighted by Crippen LogP contribution is 2.26. The summed E-state index contributed by atoms with van der Waals surface area (Å²) in [5, 5.41) is 2.82. The van der Waals surface area contributed by atoms with Gasteiger partial charge in [-0.15, -0.1) is 0 Å². The van der Waals surface area contributed by atoms with Crippen LogP contribution >= 0.6 is 0 Å². The van der Waals surface area contributed by atoms with E-state index >= 15 is 0 Å². The third-order valence-corrected chi connectivity index (χ3v) is 4.28. The van der Waals surface area contributed by atoms with Gasteiger partial charge in [0.2, 0.25) is 0 Å². The zero-order chi connectivity index (χ0) is 19.8. The van der Waals surface area contributed by atoms with Crippen molar-refractivity contribution in [1.29, 1.82) is 0 Å². The number of halogens is 1. The Kier molecular flexibility index (Phi) is 7.29. The van der Waals surface area contributed by atoms with Crippen molar-refractivity contribution in [2.24, 2.45) is 0 Å². The van der Waals surface area contributed by atoms with E-state index in [1.165, 1.54) is 31.2 Å². The van der Waals surface area contributed by atoms with Crippen LogP contribution in [0.25, 0.3) is 6.08 Å². The van der Waals surface area contributed by atoms with Gasteiger partial charge in [-0.25, -0.2) is 9.18 Å². The molecule has 1 N–H and O–H groups in total. The largest absolute Gasteiger partial charge is 0.449 e. The van der Waals surface area contributed by atoms with Crippen LogP contribution in [-0.4, -0.2) is 18.0 Å². The standard InChI is InChI=1S/C22H24FNO3/c1-4-15(2)19-10-5-6-11-20(19)24-22(26)16(3)27-21(25)13-12-17-8-7-9-18(23)14-17/h5-16H,4H2,1-3H3,(H,24,26)/b13-12+/t15-,16+/m1/s1. The first-order valence-corrected chi connectivity index (χ1v) is 8.94. The van der Waals surface area contributed by atoms with Crippen LogP contribution in [0, 0.1) is 5.82 Å². The van der Waals surface area contributed by atoms with E-state index in [9.17, 15) is 14.0 Å². The summed E-state index contributed by atoms with van der Waals surface area (Å²) in [6.07, 6.45) is 2.60. The fourth-order valence-corrected chi connectivity index (χ4v) is 2.54. The number of amides is 1. The molecule has 1 amide bonds. The van der Waals surface area contributed by atoms with E-state index in [2.05, 4.69) is 19.2 Å². The summed E-state index contributed by atoms with van der Waals surface area (Å²) in [5.41, 5.74) is 2.29. The van der Waals surface area contributed by atoms with Crippen LogP contribution in [0.4, 0.5) is 10.1 Å². The van der Waals surface area contributed by atoms with Crippen molar-refractivity contribution in [1.82, 2.24) is 0 Å². The molecule has 0 aromatic heterocycles. The highest BCUT2D eigenvalue weighted by Gasteiger charge is 2.18. The van der Waals surface area contributed by atoms with Crippen LogP contribution in [-0.2, 0) is 14.3 Å². The second-order valence-electron chi connectivity index (χ2n) is 6.35. The van der Waals surface area contributed by atoms with Crippen molar-refractivity contribution in [3.05, 3.63) is 71.6 Å². The van der Waals surface area contributed by atoms with Crippen molar-refractivity contribution < 1.29 is 18.7 Å². The molecular formula is C22H24FNO3. The van der Waals surface area contributed by atoms with Crippen LogP contribution in [0.15, 0.2) is 54.6 Å². The molecule has 0 radical (unpaired) electrons. The molecule has 0 aliphatic carbocycles. The first kappa shape index (κ1) is 20.4. The molecule has 0 heterocycles. The number of hydrogen-bond donors (Lipinski definition) is 1. The average Bonchev–Trinajstić information content (AvgIpc) is 2.66. The first-order chi connectivity index (χ1) is 12.9. The van der Waals surface area contributed by atoms with E-state index < -0.39 is 23.8 Å². The van der Waals surface area contributed by atoms with Crippen LogP contribution in [0.2, 0.25) is 0 Å². The number of carbonyl (C=O) groups excluding carboxylic acids is 2. The molecule has 0 aliphatic rings. The second kappa shape index (κ2) is 9.67. The van der Waals surface area contributed by atoms with E-state index in [0.717, 1.165) is 17.7 Å². The van der Waals surface area contributed by atoms with Gasteiger partial charge < -0.3 is 10.1 Å². The number of hydrogen-bond acceptors (Lipinski definition) is 3. The van der Waals surface area contributed by atoms with Crippen LogP contribution in [0.3, 0.4) is 0 Å². The number of nitrogens with one attached hydrogen (secondary N) is 1. The van der Waals surface area contributed by atoms with Gasteiger partial charge in [0.15, 0.2) is 6.10 Å². The van der Waals surface area contributed by atoms with Gasteiger partial charge in [0.1, 0.15) is 5.82 Å². The van der Waals surface area contributed by atoms with Gasteiger partial charge >= 0.3 is 5.97 Å². The Balaban J connectivity index is 1.97. The van der Waals surface area contributed by atoms with Crippen molar-refractivity contribution in [3.63, 3.8) is 0 Å².